The molecule has 24 heavy (non-hydrogen) atoms. The molecule has 2 aliphatic carbocycles. The minimum atomic E-state index is -0.593. The average Bonchev–Trinajstić information content (AvgIpc) is 2.57. The highest BCUT2D eigenvalue weighted by atomic mass is 16.4. The number of carboxylic acids is 2. The van der Waals surface area contributed by atoms with Gasteiger partial charge in [-0.15, -0.1) is 0 Å². The van der Waals surface area contributed by atoms with Gasteiger partial charge in [-0.2, -0.15) is 0 Å². The molecule has 2 rings (SSSR count). The molecule has 0 bridgehead atoms. The van der Waals surface area contributed by atoms with E-state index in [1.807, 2.05) is 0 Å². The molecule has 140 valence electrons. The molecule has 0 aliphatic heterocycles. The van der Waals surface area contributed by atoms with Crippen LogP contribution < -0.4 is 0 Å². The molecular formula is C20H36O4. The van der Waals surface area contributed by atoms with Gasteiger partial charge in [-0.3, -0.25) is 9.59 Å². The third kappa shape index (κ3) is 7.67. The van der Waals surface area contributed by atoms with Crippen molar-refractivity contribution in [1.29, 1.82) is 0 Å². The molecular weight excluding hydrogens is 304 g/mol. The molecule has 4 nitrogen and oxygen atoms in total. The van der Waals surface area contributed by atoms with Gasteiger partial charge >= 0.3 is 11.9 Å². The number of hydrogen-bond donors (Lipinski definition) is 2. The Morgan fingerprint density at radius 2 is 0.958 bits per heavy atom. The molecule has 0 aromatic rings. The van der Waals surface area contributed by atoms with E-state index in [4.69, 9.17) is 10.2 Å². The van der Waals surface area contributed by atoms with Crippen LogP contribution >= 0.6 is 0 Å². The van der Waals surface area contributed by atoms with E-state index >= 15 is 0 Å². The maximum absolute atomic E-state index is 10.6. The van der Waals surface area contributed by atoms with Crippen LogP contribution in [0.4, 0.5) is 0 Å². The summed E-state index contributed by atoms with van der Waals surface area (Å²) < 4.78 is 0. The zero-order valence-corrected chi connectivity index (χ0v) is 15.5. The highest BCUT2D eigenvalue weighted by Gasteiger charge is 2.25. The van der Waals surface area contributed by atoms with Crippen molar-refractivity contribution < 1.29 is 19.8 Å². The molecule has 0 radical (unpaired) electrons. The predicted octanol–water partition coefficient (Wildman–Crippen LogP) is 5.36. The first-order chi connectivity index (χ1) is 11.5. The summed E-state index contributed by atoms with van der Waals surface area (Å²) >= 11 is 0. The fraction of sp³-hybridized carbons (Fsp3) is 0.900. The summed E-state index contributed by atoms with van der Waals surface area (Å²) in [7, 11) is 0. The third-order valence-electron chi connectivity index (χ3n) is 5.79. The summed E-state index contributed by atoms with van der Waals surface area (Å²) in [4.78, 5) is 21.2. The minimum Gasteiger partial charge on any atom is -0.481 e. The lowest BCUT2D eigenvalue weighted by Crippen LogP contribution is -2.21. The summed E-state index contributed by atoms with van der Waals surface area (Å²) in [5.41, 5.74) is 0. The molecule has 0 atom stereocenters. The second-order valence-electron chi connectivity index (χ2n) is 7.69. The van der Waals surface area contributed by atoms with Gasteiger partial charge in [-0.1, -0.05) is 39.5 Å². The molecule has 0 unspecified atom stereocenters. The van der Waals surface area contributed by atoms with E-state index in [0.717, 1.165) is 63.2 Å². The van der Waals surface area contributed by atoms with Crippen molar-refractivity contribution in [3.8, 4) is 0 Å². The molecule has 0 aromatic carbocycles. The van der Waals surface area contributed by atoms with Crippen LogP contribution in [-0.4, -0.2) is 22.2 Å². The van der Waals surface area contributed by atoms with Gasteiger partial charge in [0.15, 0.2) is 0 Å². The first-order valence-corrected chi connectivity index (χ1v) is 9.93. The SMILES string of the molecule is CCCC1CCC(C(=O)O)CC1.CCCC1CCC(C(=O)O)CC1. The topological polar surface area (TPSA) is 74.6 Å². The van der Waals surface area contributed by atoms with Gasteiger partial charge in [0, 0.05) is 0 Å². The molecule has 0 spiro atoms. The number of carboxylic acid groups (broad SMARTS) is 2. The highest BCUT2D eigenvalue weighted by Crippen LogP contribution is 2.32. The third-order valence-corrected chi connectivity index (χ3v) is 5.79. The Morgan fingerprint density at radius 3 is 1.17 bits per heavy atom. The van der Waals surface area contributed by atoms with E-state index in [-0.39, 0.29) is 11.8 Å². The molecule has 2 N–H and O–H groups in total. The standard InChI is InChI=1S/2C10H18O2/c2*1-2-3-8-4-6-9(7-5-8)10(11)12/h2*8-9H,2-7H2,1H3,(H,11,12). The van der Waals surface area contributed by atoms with Crippen molar-refractivity contribution >= 4 is 11.9 Å². The molecule has 0 saturated heterocycles. The van der Waals surface area contributed by atoms with Crippen molar-refractivity contribution in [2.24, 2.45) is 23.7 Å². The van der Waals surface area contributed by atoms with Gasteiger partial charge < -0.3 is 10.2 Å². The predicted molar refractivity (Wildman–Crippen MR) is 96.0 cm³/mol. The summed E-state index contributed by atoms with van der Waals surface area (Å²) in [5.74, 6) is 0.349. The fourth-order valence-electron chi connectivity index (χ4n) is 4.21. The largest absolute Gasteiger partial charge is 0.481 e. The summed E-state index contributed by atoms with van der Waals surface area (Å²) in [6.07, 6.45) is 13.2. The first-order valence-electron chi connectivity index (χ1n) is 9.93. The van der Waals surface area contributed by atoms with E-state index in [0.29, 0.717) is 0 Å². The molecule has 0 heterocycles. The van der Waals surface area contributed by atoms with Crippen molar-refractivity contribution in [3.05, 3.63) is 0 Å². The van der Waals surface area contributed by atoms with Crippen molar-refractivity contribution in [2.75, 3.05) is 0 Å². The summed E-state index contributed by atoms with van der Waals surface area (Å²) in [5, 5.41) is 17.5. The Hall–Kier alpha value is -1.06. The Morgan fingerprint density at radius 1 is 0.667 bits per heavy atom. The zero-order valence-electron chi connectivity index (χ0n) is 15.5. The molecule has 2 aliphatic rings. The minimum absolute atomic E-state index is 0.0434. The highest BCUT2D eigenvalue weighted by molar-refractivity contribution is 5.70. The van der Waals surface area contributed by atoms with Crippen LogP contribution in [-0.2, 0) is 9.59 Å². The molecule has 2 saturated carbocycles. The lowest BCUT2D eigenvalue weighted by Gasteiger charge is -2.25. The van der Waals surface area contributed by atoms with Gasteiger partial charge in [-0.05, 0) is 63.2 Å². The fourth-order valence-corrected chi connectivity index (χ4v) is 4.21. The van der Waals surface area contributed by atoms with Crippen LogP contribution in [0.1, 0.15) is 90.9 Å². The van der Waals surface area contributed by atoms with Crippen molar-refractivity contribution in [3.63, 3.8) is 0 Å². The van der Waals surface area contributed by atoms with Crippen molar-refractivity contribution in [1.82, 2.24) is 0 Å². The Labute approximate surface area is 147 Å². The van der Waals surface area contributed by atoms with Crippen LogP contribution in [0, 0.1) is 23.7 Å². The average molecular weight is 341 g/mol. The van der Waals surface area contributed by atoms with Crippen LogP contribution in [0.3, 0.4) is 0 Å². The van der Waals surface area contributed by atoms with Crippen LogP contribution in [0.25, 0.3) is 0 Å². The maximum atomic E-state index is 10.6. The number of rotatable bonds is 6. The Bertz CT molecular complexity index is 328. The normalized spacial score (nSPS) is 30.1. The van der Waals surface area contributed by atoms with Crippen LogP contribution in [0.5, 0.6) is 0 Å². The molecule has 0 aromatic heterocycles. The lowest BCUT2D eigenvalue weighted by atomic mass is 9.80. The van der Waals surface area contributed by atoms with E-state index in [1.165, 1.54) is 25.7 Å². The molecule has 2 fully saturated rings. The van der Waals surface area contributed by atoms with Crippen molar-refractivity contribution in [2.45, 2.75) is 90.9 Å². The maximum Gasteiger partial charge on any atom is 0.306 e. The zero-order chi connectivity index (χ0) is 17.9. The molecule has 4 heteroatoms. The molecule has 0 amide bonds. The quantitative estimate of drug-likeness (QED) is 0.683. The van der Waals surface area contributed by atoms with Crippen LogP contribution in [0.15, 0.2) is 0 Å². The van der Waals surface area contributed by atoms with Gasteiger partial charge in [-0.25, -0.2) is 0 Å². The van der Waals surface area contributed by atoms with Gasteiger partial charge in [0.25, 0.3) is 0 Å². The first kappa shape index (κ1) is 21.0. The smallest absolute Gasteiger partial charge is 0.306 e. The second-order valence-corrected chi connectivity index (χ2v) is 7.69. The monoisotopic (exact) mass is 340 g/mol. The second kappa shape index (κ2) is 11.5. The Balaban J connectivity index is 0.000000240. The number of carbonyl (C=O) groups is 2. The van der Waals surface area contributed by atoms with E-state index < -0.39 is 11.9 Å². The number of aliphatic carboxylic acids is 2. The number of hydrogen-bond acceptors (Lipinski definition) is 2. The van der Waals surface area contributed by atoms with Gasteiger partial charge in [0.05, 0.1) is 11.8 Å². The van der Waals surface area contributed by atoms with E-state index in [9.17, 15) is 9.59 Å². The van der Waals surface area contributed by atoms with Gasteiger partial charge in [0.2, 0.25) is 0 Å². The van der Waals surface area contributed by atoms with E-state index in [2.05, 4.69) is 13.8 Å². The summed E-state index contributed by atoms with van der Waals surface area (Å²) in [6.45, 7) is 4.40. The summed E-state index contributed by atoms with van der Waals surface area (Å²) in [6, 6.07) is 0. The Kier molecular flexibility index (Phi) is 10.0. The van der Waals surface area contributed by atoms with E-state index in [1.54, 1.807) is 0 Å². The van der Waals surface area contributed by atoms with Crippen LogP contribution in [0.2, 0.25) is 0 Å². The lowest BCUT2D eigenvalue weighted by molar-refractivity contribution is -0.144. The van der Waals surface area contributed by atoms with Gasteiger partial charge in [0.1, 0.15) is 0 Å².